The van der Waals surface area contributed by atoms with E-state index in [9.17, 15) is 24.6 Å². The van der Waals surface area contributed by atoms with Crippen molar-refractivity contribution in [2.75, 3.05) is 18.5 Å². The molecule has 2 unspecified atom stereocenters. The molecular weight excluding hydrogens is 486 g/mol. The second-order valence-corrected chi connectivity index (χ2v) is 10.0. The Labute approximate surface area is 222 Å². The summed E-state index contributed by atoms with van der Waals surface area (Å²) in [4.78, 5) is 40.9. The number of nitrogens with zero attached hydrogens (tertiary/aromatic N) is 1. The summed E-state index contributed by atoms with van der Waals surface area (Å²) in [5.41, 5.74) is 0.731. The smallest absolute Gasteiger partial charge is 0.408 e. The van der Waals surface area contributed by atoms with Crippen LogP contribution in [0.5, 0.6) is 5.75 Å². The van der Waals surface area contributed by atoms with Gasteiger partial charge in [-0.1, -0.05) is 36.4 Å². The van der Waals surface area contributed by atoms with Gasteiger partial charge in [0.05, 0.1) is 6.61 Å². The van der Waals surface area contributed by atoms with E-state index in [1.54, 1.807) is 52.8 Å². The highest BCUT2D eigenvalue weighted by Crippen LogP contribution is 2.28. The number of aromatic hydroxyl groups is 1. The van der Waals surface area contributed by atoms with E-state index in [1.807, 2.05) is 36.4 Å². The summed E-state index contributed by atoms with van der Waals surface area (Å²) in [6, 6.07) is 15.4. The lowest BCUT2D eigenvalue weighted by Gasteiger charge is -2.33. The molecular formula is C29H35N3O6. The molecule has 0 spiro atoms. The molecule has 0 aliphatic rings. The Kier molecular flexibility index (Phi) is 8.96. The number of aryl methyl sites for hydroxylation is 1. The van der Waals surface area contributed by atoms with Gasteiger partial charge < -0.3 is 30.5 Å². The first-order valence-electron chi connectivity index (χ1n) is 12.4. The molecule has 0 saturated carbocycles. The molecule has 3 amide bonds. The van der Waals surface area contributed by atoms with Gasteiger partial charge in [0.2, 0.25) is 5.91 Å². The Morgan fingerprint density at radius 3 is 2.29 bits per heavy atom. The van der Waals surface area contributed by atoms with Gasteiger partial charge in [0, 0.05) is 12.2 Å². The predicted molar refractivity (Wildman–Crippen MR) is 146 cm³/mol. The number of phenolic OH excluding ortho intramolecular Hbond substituents is 1. The van der Waals surface area contributed by atoms with E-state index in [1.165, 1.54) is 11.0 Å². The molecule has 9 heteroatoms. The number of carbonyl (C=O) groups excluding carboxylic acids is 3. The average Bonchev–Trinajstić information content (AvgIpc) is 2.86. The number of benzene rings is 3. The van der Waals surface area contributed by atoms with Crippen molar-refractivity contribution in [1.82, 2.24) is 10.2 Å². The van der Waals surface area contributed by atoms with E-state index >= 15 is 0 Å². The summed E-state index contributed by atoms with van der Waals surface area (Å²) in [6.07, 6.45) is -0.862. The van der Waals surface area contributed by atoms with Crippen LogP contribution in [-0.4, -0.2) is 57.8 Å². The van der Waals surface area contributed by atoms with Crippen LogP contribution in [0.15, 0.2) is 60.7 Å². The van der Waals surface area contributed by atoms with Gasteiger partial charge in [0.1, 0.15) is 23.4 Å². The minimum absolute atomic E-state index is 0.0524. The molecule has 38 heavy (non-hydrogen) atoms. The van der Waals surface area contributed by atoms with Gasteiger partial charge in [-0.3, -0.25) is 9.59 Å². The van der Waals surface area contributed by atoms with Crippen molar-refractivity contribution < 1.29 is 29.3 Å². The molecule has 9 nitrogen and oxygen atoms in total. The number of carbonyl (C=O) groups is 3. The normalized spacial score (nSPS) is 12.9. The Morgan fingerprint density at radius 2 is 1.68 bits per heavy atom. The van der Waals surface area contributed by atoms with Crippen LogP contribution in [-0.2, 0) is 14.3 Å². The molecule has 3 rings (SSSR count). The Balaban J connectivity index is 1.95. The second kappa shape index (κ2) is 12.0. The molecule has 3 aromatic carbocycles. The van der Waals surface area contributed by atoms with E-state index in [-0.39, 0.29) is 12.3 Å². The van der Waals surface area contributed by atoms with Crippen LogP contribution in [0.25, 0.3) is 10.8 Å². The fourth-order valence-corrected chi connectivity index (χ4v) is 4.10. The lowest BCUT2D eigenvalue weighted by molar-refractivity contribution is -0.141. The highest BCUT2D eigenvalue weighted by molar-refractivity contribution is 6.00. The van der Waals surface area contributed by atoms with E-state index in [4.69, 9.17) is 4.74 Å². The van der Waals surface area contributed by atoms with Crippen LogP contribution < -0.4 is 10.6 Å². The zero-order valence-electron chi connectivity index (χ0n) is 22.3. The number of aliphatic hydroxyl groups excluding tert-OH is 1. The van der Waals surface area contributed by atoms with Crippen LogP contribution in [0, 0.1) is 6.92 Å². The van der Waals surface area contributed by atoms with Crippen LogP contribution in [0.1, 0.15) is 44.9 Å². The fraction of sp³-hybridized carbons (Fsp3) is 0.345. The molecule has 2 atom stereocenters. The lowest BCUT2D eigenvalue weighted by atomic mass is 10.00. The van der Waals surface area contributed by atoms with Crippen molar-refractivity contribution in [2.24, 2.45) is 0 Å². The van der Waals surface area contributed by atoms with Gasteiger partial charge in [-0.05, 0) is 80.8 Å². The van der Waals surface area contributed by atoms with Crippen molar-refractivity contribution in [1.29, 1.82) is 0 Å². The highest BCUT2D eigenvalue weighted by Gasteiger charge is 2.35. The minimum Gasteiger partial charge on any atom is -0.508 e. The molecule has 4 N–H and O–H groups in total. The molecule has 0 heterocycles. The van der Waals surface area contributed by atoms with Gasteiger partial charge in [0.25, 0.3) is 5.91 Å². The third kappa shape index (κ3) is 7.01. The highest BCUT2D eigenvalue weighted by atomic mass is 16.6. The number of likely N-dealkylation sites (N-methyl/N-ethyl adjacent to an activating group) is 1. The SMILES string of the molecule is CCN(C(=O)C(CO)NC(=O)OC(C)(C)C)C(C(=O)Nc1ccc2ccccc2c1)c1ccc(O)c(C)c1. The molecule has 0 aromatic heterocycles. The van der Waals surface area contributed by atoms with E-state index < -0.39 is 42.2 Å². The molecule has 0 aliphatic heterocycles. The first-order valence-corrected chi connectivity index (χ1v) is 12.4. The number of alkyl carbamates (subject to hydrolysis) is 1. The molecule has 0 saturated heterocycles. The van der Waals surface area contributed by atoms with Crippen molar-refractivity contribution in [3.63, 3.8) is 0 Å². The number of hydrogen-bond donors (Lipinski definition) is 4. The van der Waals surface area contributed by atoms with E-state index in [2.05, 4.69) is 10.6 Å². The monoisotopic (exact) mass is 521 g/mol. The zero-order valence-corrected chi connectivity index (χ0v) is 22.3. The van der Waals surface area contributed by atoms with E-state index in [0.717, 1.165) is 10.8 Å². The second-order valence-electron chi connectivity index (χ2n) is 10.0. The lowest BCUT2D eigenvalue weighted by Crippen LogP contribution is -2.53. The van der Waals surface area contributed by atoms with Crippen LogP contribution in [0.3, 0.4) is 0 Å². The summed E-state index contributed by atoms with van der Waals surface area (Å²) in [6.45, 7) is 7.84. The number of aliphatic hydroxyl groups is 1. The molecule has 0 fully saturated rings. The zero-order chi connectivity index (χ0) is 28.0. The summed E-state index contributed by atoms with van der Waals surface area (Å²) in [5.74, 6) is -1.10. The molecule has 0 bridgehead atoms. The maximum Gasteiger partial charge on any atom is 0.408 e. The quantitative estimate of drug-likeness (QED) is 0.351. The standard InChI is InChI=1S/C29H35N3O6/c1-6-32(27(36)23(17-33)31-28(37)38-29(3,4)5)25(21-12-14-24(34)18(2)15-21)26(35)30-22-13-11-19-9-7-8-10-20(19)16-22/h7-16,23,25,33-34H,6,17H2,1-5H3,(H,30,35)(H,31,37). The van der Waals surface area contributed by atoms with Crippen molar-refractivity contribution in [3.8, 4) is 5.75 Å². The number of fused-ring (bicyclic) bond motifs is 1. The number of nitrogens with one attached hydrogen (secondary N) is 2. The van der Waals surface area contributed by atoms with Gasteiger partial charge in [-0.25, -0.2) is 4.79 Å². The maximum atomic E-state index is 13.7. The first kappa shape index (κ1) is 28.5. The number of phenols is 1. The van der Waals surface area contributed by atoms with Crippen molar-refractivity contribution in [3.05, 3.63) is 71.8 Å². The van der Waals surface area contributed by atoms with Gasteiger partial charge in [-0.15, -0.1) is 0 Å². The Morgan fingerprint density at radius 1 is 1.00 bits per heavy atom. The Bertz CT molecular complexity index is 1320. The van der Waals surface area contributed by atoms with Crippen LogP contribution in [0.4, 0.5) is 10.5 Å². The van der Waals surface area contributed by atoms with Crippen LogP contribution >= 0.6 is 0 Å². The summed E-state index contributed by atoms with van der Waals surface area (Å²) >= 11 is 0. The molecule has 0 aliphatic carbocycles. The molecule has 3 aromatic rings. The van der Waals surface area contributed by atoms with Crippen molar-refractivity contribution >= 4 is 34.4 Å². The first-order chi connectivity index (χ1) is 17.9. The van der Waals surface area contributed by atoms with Gasteiger partial charge in [0.15, 0.2) is 0 Å². The summed E-state index contributed by atoms with van der Waals surface area (Å²) in [5, 5.41) is 27.2. The number of hydrogen-bond acceptors (Lipinski definition) is 6. The number of ether oxygens (including phenoxy) is 1. The van der Waals surface area contributed by atoms with E-state index in [0.29, 0.717) is 16.8 Å². The summed E-state index contributed by atoms with van der Waals surface area (Å²) in [7, 11) is 0. The number of anilines is 1. The minimum atomic E-state index is -1.33. The maximum absolute atomic E-state index is 13.7. The predicted octanol–water partition coefficient (Wildman–Crippen LogP) is 4.27. The van der Waals surface area contributed by atoms with Gasteiger partial charge in [-0.2, -0.15) is 0 Å². The van der Waals surface area contributed by atoms with Crippen LogP contribution in [0.2, 0.25) is 0 Å². The fourth-order valence-electron chi connectivity index (χ4n) is 4.10. The third-order valence-corrected chi connectivity index (χ3v) is 5.91. The third-order valence-electron chi connectivity index (χ3n) is 5.91. The average molecular weight is 522 g/mol. The summed E-state index contributed by atoms with van der Waals surface area (Å²) < 4.78 is 5.23. The topological polar surface area (TPSA) is 128 Å². The Hall–Kier alpha value is -4.11. The largest absolute Gasteiger partial charge is 0.508 e. The number of rotatable bonds is 8. The molecule has 202 valence electrons. The number of amides is 3. The van der Waals surface area contributed by atoms with Crippen molar-refractivity contribution in [2.45, 2.75) is 52.3 Å². The van der Waals surface area contributed by atoms with Gasteiger partial charge >= 0.3 is 6.09 Å². The molecule has 0 radical (unpaired) electrons.